The largest absolute Gasteiger partial charge is 0.383 e. The molecule has 1 fully saturated rings. The van der Waals surface area contributed by atoms with Gasteiger partial charge in [0.05, 0.1) is 6.61 Å². The van der Waals surface area contributed by atoms with E-state index in [0.29, 0.717) is 12.1 Å². The Morgan fingerprint density at radius 2 is 2.29 bits per heavy atom. The molecule has 1 heterocycles. The molecular weight excluding hydrogens is 284 g/mol. The zero-order valence-electron chi connectivity index (χ0n) is 12.8. The average molecular weight is 309 g/mol. The van der Waals surface area contributed by atoms with Gasteiger partial charge >= 0.3 is 0 Å². The van der Waals surface area contributed by atoms with Gasteiger partial charge in [0, 0.05) is 37.3 Å². The van der Waals surface area contributed by atoms with Crippen molar-refractivity contribution >= 4 is 11.6 Å². The van der Waals surface area contributed by atoms with Crippen LogP contribution in [0.4, 0.5) is 0 Å². The van der Waals surface area contributed by atoms with Gasteiger partial charge in [0.25, 0.3) is 0 Å². The topological polar surface area (TPSA) is 24.5 Å². The number of benzene rings is 1. The van der Waals surface area contributed by atoms with Crippen LogP contribution in [0, 0.1) is 0 Å². The summed E-state index contributed by atoms with van der Waals surface area (Å²) in [5, 5.41) is 4.47. The van der Waals surface area contributed by atoms with Gasteiger partial charge in [0.2, 0.25) is 0 Å². The van der Waals surface area contributed by atoms with E-state index in [9.17, 15) is 0 Å². The minimum atomic E-state index is 0.523. The Bertz CT molecular complexity index is 474. The van der Waals surface area contributed by atoms with Crippen molar-refractivity contribution in [3.63, 3.8) is 0 Å². The Morgan fingerprint density at radius 1 is 1.38 bits per heavy atom. The number of aryl methyl sites for hydroxylation is 1. The van der Waals surface area contributed by atoms with Gasteiger partial charge < -0.3 is 10.1 Å². The van der Waals surface area contributed by atoms with Gasteiger partial charge in [-0.3, -0.25) is 4.90 Å². The maximum atomic E-state index is 6.13. The fourth-order valence-electron chi connectivity index (χ4n) is 3.72. The number of halogens is 1. The third-order valence-electron chi connectivity index (χ3n) is 4.79. The molecule has 1 aromatic rings. The summed E-state index contributed by atoms with van der Waals surface area (Å²) in [6.45, 7) is 4.09. The van der Waals surface area contributed by atoms with Crippen molar-refractivity contribution < 1.29 is 4.74 Å². The molecule has 2 aliphatic rings. The summed E-state index contributed by atoms with van der Waals surface area (Å²) in [6, 6.07) is 7.55. The van der Waals surface area contributed by atoms with Gasteiger partial charge in [-0.1, -0.05) is 17.7 Å². The van der Waals surface area contributed by atoms with E-state index in [1.807, 2.05) is 6.07 Å². The van der Waals surface area contributed by atoms with Crippen molar-refractivity contribution in [2.75, 3.05) is 33.4 Å². The molecule has 0 spiro atoms. The minimum absolute atomic E-state index is 0.523. The lowest BCUT2D eigenvalue weighted by Crippen LogP contribution is -2.40. The van der Waals surface area contributed by atoms with Crippen molar-refractivity contribution in [2.24, 2.45) is 0 Å². The number of ether oxygens (including phenoxy) is 1. The minimum Gasteiger partial charge on any atom is -0.383 e. The van der Waals surface area contributed by atoms with Gasteiger partial charge in [-0.25, -0.2) is 0 Å². The molecule has 1 aliphatic heterocycles. The van der Waals surface area contributed by atoms with Crippen LogP contribution >= 0.6 is 11.6 Å². The van der Waals surface area contributed by atoms with E-state index in [1.54, 1.807) is 7.11 Å². The molecule has 0 bridgehead atoms. The molecule has 3 rings (SSSR count). The van der Waals surface area contributed by atoms with Crippen LogP contribution in [0.2, 0.25) is 5.02 Å². The molecule has 0 radical (unpaired) electrons. The smallest absolute Gasteiger partial charge is 0.0589 e. The number of fused-ring (bicyclic) bond motifs is 1. The van der Waals surface area contributed by atoms with Crippen LogP contribution in [0.1, 0.15) is 36.4 Å². The first-order chi connectivity index (χ1) is 10.3. The predicted molar refractivity (Wildman–Crippen MR) is 87.0 cm³/mol. The fourth-order valence-corrected chi connectivity index (χ4v) is 3.92. The summed E-state index contributed by atoms with van der Waals surface area (Å²) in [4.78, 5) is 2.60. The maximum absolute atomic E-state index is 6.13. The van der Waals surface area contributed by atoms with Crippen molar-refractivity contribution in [1.29, 1.82) is 0 Å². The second kappa shape index (κ2) is 7.10. The monoisotopic (exact) mass is 308 g/mol. The molecular formula is C17H25ClN2O. The zero-order valence-corrected chi connectivity index (χ0v) is 13.5. The molecule has 2 atom stereocenters. The highest BCUT2D eigenvalue weighted by molar-refractivity contribution is 6.30. The lowest BCUT2D eigenvalue weighted by molar-refractivity contribution is 0.112. The maximum Gasteiger partial charge on any atom is 0.0589 e. The average Bonchev–Trinajstić information content (AvgIpc) is 3.12. The fraction of sp³-hybridized carbons (Fsp3) is 0.647. The van der Waals surface area contributed by atoms with E-state index in [0.717, 1.165) is 31.1 Å². The number of methoxy groups -OCH3 is 1. The molecule has 2 unspecified atom stereocenters. The molecule has 116 valence electrons. The number of nitrogens with one attached hydrogen (secondary N) is 1. The molecule has 1 N–H and O–H groups in total. The van der Waals surface area contributed by atoms with Crippen molar-refractivity contribution in [2.45, 2.75) is 37.8 Å². The van der Waals surface area contributed by atoms with E-state index >= 15 is 0 Å². The number of rotatable bonds is 6. The molecule has 1 aliphatic carbocycles. The van der Waals surface area contributed by atoms with Gasteiger partial charge in [-0.05, 0) is 55.5 Å². The third kappa shape index (κ3) is 3.59. The summed E-state index contributed by atoms with van der Waals surface area (Å²) in [7, 11) is 1.79. The first-order valence-corrected chi connectivity index (χ1v) is 8.40. The Morgan fingerprint density at radius 3 is 3.05 bits per heavy atom. The molecule has 21 heavy (non-hydrogen) atoms. The Kier molecular flexibility index (Phi) is 5.17. The van der Waals surface area contributed by atoms with E-state index < -0.39 is 0 Å². The normalized spacial score (nSPS) is 24.7. The SMILES string of the molecule is COCCN(CC1CCCN1)C1CCc2cc(Cl)ccc21. The molecule has 4 heteroatoms. The molecule has 1 aromatic carbocycles. The second-order valence-electron chi connectivity index (χ2n) is 6.18. The van der Waals surface area contributed by atoms with E-state index in [-0.39, 0.29) is 0 Å². The standard InChI is InChI=1S/C17H25ClN2O/c1-21-10-9-20(12-15-3-2-8-19-15)17-7-4-13-11-14(18)5-6-16(13)17/h5-6,11,15,17,19H,2-4,7-10,12H2,1H3. The molecule has 3 nitrogen and oxygen atoms in total. The van der Waals surface area contributed by atoms with Crippen LogP contribution in [0.5, 0.6) is 0 Å². The van der Waals surface area contributed by atoms with E-state index in [4.69, 9.17) is 16.3 Å². The van der Waals surface area contributed by atoms with Crippen LogP contribution < -0.4 is 5.32 Å². The van der Waals surface area contributed by atoms with E-state index in [2.05, 4.69) is 22.3 Å². The quantitative estimate of drug-likeness (QED) is 0.874. The van der Waals surface area contributed by atoms with Crippen molar-refractivity contribution in [3.8, 4) is 0 Å². The summed E-state index contributed by atoms with van der Waals surface area (Å²) in [6.07, 6.45) is 4.94. The molecule has 0 saturated carbocycles. The second-order valence-corrected chi connectivity index (χ2v) is 6.62. The molecule has 0 aromatic heterocycles. The third-order valence-corrected chi connectivity index (χ3v) is 5.03. The summed E-state index contributed by atoms with van der Waals surface area (Å²) >= 11 is 6.13. The Hall–Kier alpha value is -0.610. The molecule has 0 amide bonds. The summed E-state index contributed by atoms with van der Waals surface area (Å²) in [5.74, 6) is 0. The van der Waals surface area contributed by atoms with E-state index in [1.165, 1.54) is 36.9 Å². The Balaban J connectivity index is 1.74. The summed E-state index contributed by atoms with van der Waals surface area (Å²) < 4.78 is 5.32. The van der Waals surface area contributed by atoms with Gasteiger partial charge in [-0.2, -0.15) is 0 Å². The number of hydrogen-bond acceptors (Lipinski definition) is 3. The van der Waals surface area contributed by atoms with Crippen LogP contribution in [-0.2, 0) is 11.2 Å². The number of hydrogen-bond donors (Lipinski definition) is 1. The predicted octanol–water partition coefficient (Wildman–Crippen LogP) is 3.03. The molecule has 1 saturated heterocycles. The van der Waals surface area contributed by atoms with Crippen molar-refractivity contribution in [3.05, 3.63) is 34.3 Å². The summed E-state index contributed by atoms with van der Waals surface area (Å²) in [5.41, 5.74) is 2.89. The van der Waals surface area contributed by atoms with Crippen LogP contribution in [-0.4, -0.2) is 44.3 Å². The van der Waals surface area contributed by atoms with Crippen molar-refractivity contribution in [1.82, 2.24) is 10.2 Å². The van der Waals surface area contributed by atoms with Crippen LogP contribution in [0.15, 0.2) is 18.2 Å². The lowest BCUT2D eigenvalue weighted by atomic mass is 10.1. The zero-order chi connectivity index (χ0) is 14.7. The van der Waals surface area contributed by atoms with Gasteiger partial charge in [-0.15, -0.1) is 0 Å². The Labute approximate surface area is 132 Å². The van der Waals surface area contributed by atoms with Crippen LogP contribution in [0.25, 0.3) is 0 Å². The number of nitrogens with zero attached hydrogens (tertiary/aromatic N) is 1. The first kappa shape index (κ1) is 15.3. The van der Waals surface area contributed by atoms with Crippen LogP contribution in [0.3, 0.4) is 0 Å². The first-order valence-electron chi connectivity index (χ1n) is 8.02. The highest BCUT2D eigenvalue weighted by Crippen LogP contribution is 2.37. The lowest BCUT2D eigenvalue weighted by Gasteiger charge is -2.31. The van der Waals surface area contributed by atoms with Gasteiger partial charge in [0.1, 0.15) is 0 Å². The highest BCUT2D eigenvalue weighted by atomic mass is 35.5. The highest BCUT2D eigenvalue weighted by Gasteiger charge is 2.30. The van der Waals surface area contributed by atoms with Gasteiger partial charge in [0.15, 0.2) is 0 Å².